The topological polar surface area (TPSA) is 87.7 Å². The molecule has 0 bridgehead atoms. The van der Waals surface area contributed by atoms with E-state index in [1.165, 1.54) is 0 Å². The highest BCUT2D eigenvalue weighted by Gasteiger charge is 2.01. The van der Waals surface area contributed by atoms with Crippen LogP contribution >= 0.6 is 11.6 Å². The number of ether oxygens (including phenoxy) is 1. The smallest absolute Gasteiger partial charge is 0.329 e. The number of halogens is 1. The van der Waals surface area contributed by atoms with Crippen molar-refractivity contribution in [1.29, 1.82) is 0 Å². The SMILES string of the molecule is O=C(O)COCCNC(=O)Nc1ccc(Cl)cc1. The van der Waals surface area contributed by atoms with Gasteiger partial charge in [-0.1, -0.05) is 11.6 Å². The predicted molar refractivity (Wildman–Crippen MR) is 66.9 cm³/mol. The second-order valence-electron chi connectivity index (χ2n) is 3.33. The van der Waals surface area contributed by atoms with Crippen LogP contribution in [0.15, 0.2) is 24.3 Å². The Morgan fingerprint density at radius 1 is 1.28 bits per heavy atom. The van der Waals surface area contributed by atoms with Gasteiger partial charge in [-0.25, -0.2) is 9.59 Å². The molecule has 0 aliphatic carbocycles. The number of carboxylic acid groups (broad SMARTS) is 1. The van der Waals surface area contributed by atoms with E-state index in [2.05, 4.69) is 10.6 Å². The molecule has 0 fully saturated rings. The third-order valence-electron chi connectivity index (χ3n) is 1.86. The second-order valence-corrected chi connectivity index (χ2v) is 3.77. The van der Waals surface area contributed by atoms with Gasteiger partial charge >= 0.3 is 12.0 Å². The molecule has 0 saturated heterocycles. The normalized spacial score (nSPS) is 9.83. The fourth-order valence-corrected chi connectivity index (χ4v) is 1.23. The summed E-state index contributed by atoms with van der Waals surface area (Å²) in [5.41, 5.74) is 0.614. The predicted octanol–water partition coefficient (Wildman–Crippen LogP) is 1.56. The highest BCUT2D eigenvalue weighted by atomic mass is 35.5. The van der Waals surface area contributed by atoms with Gasteiger partial charge in [0.15, 0.2) is 0 Å². The first-order chi connectivity index (χ1) is 8.58. The van der Waals surface area contributed by atoms with Gasteiger partial charge in [0.1, 0.15) is 6.61 Å². The molecular weight excluding hydrogens is 260 g/mol. The van der Waals surface area contributed by atoms with Crippen molar-refractivity contribution in [2.75, 3.05) is 25.1 Å². The minimum atomic E-state index is -1.04. The van der Waals surface area contributed by atoms with Crippen LogP contribution in [0.1, 0.15) is 0 Å². The average Bonchev–Trinajstić information content (AvgIpc) is 2.31. The van der Waals surface area contributed by atoms with Crippen LogP contribution in [-0.4, -0.2) is 36.9 Å². The van der Waals surface area contributed by atoms with Crippen molar-refractivity contribution in [3.63, 3.8) is 0 Å². The van der Waals surface area contributed by atoms with Crippen molar-refractivity contribution in [3.05, 3.63) is 29.3 Å². The Labute approximate surface area is 109 Å². The second kappa shape index (κ2) is 7.52. The average molecular weight is 273 g/mol. The van der Waals surface area contributed by atoms with E-state index >= 15 is 0 Å². The number of aliphatic carboxylic acids is 1. The first-order valence-electron chi connectivity index (χ1n) is 5.18. The Morgan fingerprint density at radius 2 is 1.94 bits per heavy atom. The summed E-state index contributed by atoms with van der Waals surface area (Å²) in [5, 5.41) is 14.0. The Hall–Kier alpha value is -1.79. The molecular formula is C11H13ClN2O4. The third-order valence-corrected chi connectivity index (χ3v) is 2.11. The molecule has 1 aromatic rings. The molecule has 18 heavy (non-hydrogen) atoms. The van der Waals surface area contributed by atoms with Gasteiger partial charge in [0.25, 0.3) is 0 Å². The number of rotatable bonds is 6. The number of anilines is 1. The molecule has 0 heterocycles. The maximum absolute atomic E-state index is 11.4. The fraction of sp³-hybridized carbons (Fsp3) is 0.273. The number of hydrogen-bond donors (Lipinski definition) is 3. The Balaban J connectivity index is 2.17. The monoisotopic (exact) mass is 272 g/mol. The van der Waals surface area contributed by atoms with Crippen molar-refractivity contribution in [2.24, 2.45) is 0 Å². The number of amides is 2. The third kappa shape index (κ3) is 6.07. The Bertz CT molecular complexity index is 408. The van der Waals surface area contributed by atoms with Crippen molar-refractivity contribution >= 4 is 29.3 Å². The summed E-state index contributed by atoms with van der Waals surface area (Å²) in [7, 11) is 0. The Morgan fingerprint density at radius 3 is 2.56 bits per heavy atom. The van der Waals surface area contributed by atoms with Crippen LogP contribution in [0.2, 0.25) is 5.02 Å². The molecule has 0 saturated carbocycles. The lowest BCUT2D eigenvalue weighted by Crippen LogP contribution is -2.31. The molecule has 0 atom stereocenters. The first-order valence-corrected chi connectivity index (χ1v) is 5.55. The number of hydrogen-bond acceptors (Lipinski definition) is 3. The van der Waals surface area contributed by atoms with Gasteiger partial charge in [-0.2, -0.15) is 0 Å². The quantitative estimate of drug-likeness (QED) is 0.686. The summed E-state index contributed by atoms with van der Waals surface area (Å²) in [6.07, 6.45) is 0. The number of carbonyl (C=O) groups is 2. The van der Waals surface area contributed by atoms with E-state index in [4.69, 9.17) is 21.4 Å². The summed E-state index contributed by atoms with van der Waals surface area (Å²) in [6, 6.07) is 6.27. The number of urea groups is 1. The molecule has 2 amide bonds. The van der Waals surface area contributed by atoms with Gasteiger partial charge in [-0.15, -0.1) is 0 Å². The summed E-state index contributed by atoms with van der Waals surface area (Å²) in [4.78, 5) is 21.5. The molecule has 1 rings (SSSR count). The molecule has 0 unspecified atom stereocenters. The van der Waals surface area contributed by atoms with Crippen LogP contribution in [0.25, 0.3) is 0 Å². The minimum absolute atomic E-state index is 0.139. The van der Waals surface area contributed by atoms with E-state index < -0.39 is 12.0 Å². The van der Waals surface area contributed by atoms with Gasteiger partial charge in [-0.3, -0.25) is 0 Å². The van der Waals surface area contributed by atoms with E-state index in [1.54, 1.807) is 24.3 Å². The van der Waals surface area contributed by atoms with Gasteiger partial charge in [0, 0.05) is 17.3 Å². The van der Waals surface area contributed by atoms with Crippen molar-refractivity contribution < 1.29 is 19.4 Å². The molecule has 3 N–H and O–H groups in total. The van der Waals surface area contributed by atoms with E-state index in [-0.39, 0.29) is 19.8 Å². The highest BCUT2D eigenvalue weighted by Crippen LogP contribution is 2.12. The van der Waals surface area contributed by atoms with Crippen molar-refractivity contribution in [3.8, 4) is 0 Å². The van der Waals surface area contributed by atoms with E-state index in [9.17, 15) is 9.59 Å². The van der Waals surface area contributed by atoms with Gasteiger partial charge in [0.05, 0.1) is 6.61 Å². The zero-order chi connectivity index (χ0) is 13.4. The van der Waals surface area contributed by atoms with Gasteiger partial charge in [0.2, 0.25) is 0 Å². The maximum atomic E-state index is 11.4. The molecule has 0 aromatic heterocycles. The van der Waals surface area contributed by atoms with Crippen LogP contribution in [0.3, 0.4) is 0 Å². The molecule has 0 aliphatic rings. The first kappa shape index (κ1) is 14.3. The standard InChI is InChI=1S/C11H13ClN2O4/c12-8-1-3-9(4-2-8)14-11(17)13-5-6-18-7-10(15)16/h1-4H,5-7H2,(H,15,16)(H2,13,14,17). The number of carboxylic acids is 1. The summed E-state index contributed by atoms with van der Waals surface area (Å²) < 4.78 is 4.75. The summed E-state index contributed by atoms with van der Waals surface area (Å²) in [6.45, 7) is -0.00642. The van der Waals surface area contributed by atoms with Crippen LogP contribution in [0.4, 0.5) is 10.5 Å². The zero-order valence-electron chi connectivity index (χ0n) is 9.48. The molecule has 7 heteroatoms. The molecule has 98 valence electrons. The molecule has 0 radical (unpaired) electrons. The lowest BCUT2D eigenvalue weighted by atomic mass is 10.3. The molecule has 0 spiro atoms. The van der Waals surface area contributed by atoms with Gasteiger partial charge in [-0.05, 0) is 24.3 Å². The van der Waals surface area contributed by atoms with Crippen molar-refractivity contribution in [1.82, 2.24) is 5.32 Å². The Kier molecular flexibility index (Phi) is 5.96. The number of benzene rings is 1. The number of carbonyl (C=O) groups excluding carboxylic acids is 1. The zero-order valence-corrected chi connectivity index (χ0v) is 10.2. The molecule has 0 aliphatic heterocycles. The lowest BCUT2D eigenvalue weighted by molar-refractivity contribution is -0.142. The van der Waals surface area contributed by atoms with E-state index in [0.717, 1.165) is 0 Å². The van der Waals surface area contributed by atoms with Crippen LogP contribution in [0.5, 0.6) is 0 Å². The summed E-state index contributed by atoms with van der Waals surface area (Å²) in [5.74, 6) is -1.04. The number of nitrogens with one attached hydrogen (secondary N) is 2. The minimum Gasteiger partial charge on any atom is -0.480 e. The fourth-order valence-electron chi connectivity index (χ4n) is 1.10. The highest BCUT2D eigenvalue weighted by molar-refractivity contribution is 6.30. The summed E-state index contributed by atoms with van der Waals surface area (Å²) >= 11 is 5.70. The van der Waals surface area contributed by atoms with Crippen LogP contribution < -0.4 is 10.6 Å². The van der Waals surface area contributed by atoms with E-state index in [0.29, 0.717) is 10.7 Å². The van der Waals surface area contributed by atoms with Gasteiger partial charge < -0.3 is 20.5 Å². The van der Waals surface area contributed by atoms with Crippen LogP contribution in [-0.2, 0) is 9.53 Å². The maximum Gasteiger partial charge on any atom is 0.329 e. The largest absolute Gasteiger partial charge is 0.480 e. The van der Waals surface area contributed by atoms with E-state index in [1.807, 2.05) is 0 Å². The lowest BCUT2D eigenvalue weighted by Gasteiger charge is -2.07. The van der Waals surface area contributed by atoms with Crippen molar-refractivity contribution in [2.45, 2.75) is 0 Å². The molecule has 1 aromatic carbocycles. The molecule has 6 nitrogen and oxygen atoms in total. The van der Waals surface area contributed by atoms with Crippen LogP contribution in [0, 0.1) is 0 Å².